The van der Waals surface area contributed by atoms with Gasteiger partial charge in [-0.15, -0.1) is 0 Å². The molecule has 2 fully saturated rings. The first kappa shape index (κ1) is 23.8. The van der Waals surface area contributed by atoms with Crippen LogP contribution in [0.15, 0.2) is 48.5 Å². The summed E-state index contributed by atoms with van der Waals surface area (Å²) < 4.78 is 0. The number of hydrogen-bond donors (Lipinski definition) is 2. The van der Waals surface area contributed by atoms with Crippen LogP contribution in [0, 0.1) is 5.92 Å². The van der Waals surface area contributed by atoms with Gasteiger partial charge in [0.1, 0.15) is 0 Å². The Labute approximate surface area is 199 Å². The molecule has 1 aliphatic heterocycles. The number of amides is 1. The average Bonchev–Trinajstić information content (AvgIpc) is 3.39. The van der Waals surface area contributed by atoms with E-state index in [0.717, 1.165) is 57.3 Å². The Morgan fingerprint density at radius 2 is 1.73 bits per heavy atom. The normalized spacial score (nSPS) is 18.2. The summed E-state index contributed by atoms with van der Waals surface area (Å²) >= 11 is 0. The molecular formula is C28H40N4O. The number of anilines is 1. The Bertz CT molecular complexity index is 881. The maximum absolute atomic E-state index is 12.8. The molecule has 1 aliphatic carbocycles. The smallest absolute Gasteiger partial charge is 0.253 e. The van der Waals surface area contributed by atoms with E-state index in [-0.39, 0.29) is 11.9 Å². The minimum Gasteiger partial charge on any atom is -0.385 e. The number of nitrogens with zero attached hydrogens (tertiary/aromatic N) is 2. The monoisotopic (exact) mass is 448 g/mol. The second kappa shape index (κ2) is 11.7. The Hall–Kier alpha value is -2.37. The molecule has 178 valence electrons. The Balaban J connectivity index is 1.56. The molecule has 1 atom stereocenters. The van der Waals surface area contributed by atoms with E-state index >= 15 is 0 Å². The standard InChI is InChI=1S/C28H40N4O/c1-3-31(4-2)28(33)24-14-12-23(13-15-24)27(32-18-16-29-17-19-32)25-10-7-11-26(20-25)30-21-22-8-5-6-9-22/h7,10-15,20,22,27,29-30H,3-6,8-9,16-19,21H2,1-2H3. The summed E-state index contributed by atoms with van der Waals surface area (Å²) in [6, 6.07) is 17.5. The molecule has 33 heavy (non-hydrogen) atoms. The summed E-state index contributed by atoms with van der Waals surface area (Å²) in [7, 11) is 0. The van der Waals surface area contributed by atoms with Gasteiger partial charge in [0, 0.05) is 57.1 Å². The molecule has 2 aromatic carbocycles. The van der Waals surface area contributed by atoms with Crippen molar-refractivity contribution < 1.29 is 4.79 Å². The quantitative estimate of drug-likeness (QED) is 0.580. The molecule has 0 aromatic heterocycles. The van der Waals surface area contributed by atoms with E-state index in [4.69, 9.17) is 0 Å². The number of benzene rings is 2. The lowest BCUT2D eigenvalue weighted by Gasteiger charge is -2.36. The number of nitrogens with one attached hydrogen (secondary N) is 2. The summed E-state index contributed by atoms with van der Waals surface area (Å²) in [6.45, 7) is 10.7. The topological polar surface area (TPSA) is 47.6 Å². The van der Waals surface area contributed by atoms with Crippen LogP contribution in [-0.4, -0.2) is 61.5 Å². The fourth-order valence-corrected chi connectivity index (χ4v) is 5.35. The lowest BCUT2D eigenvalue weighted by atomic mass is 9.95. The van der Waals surface area contributed by atoms with E-state index in [1.807, 2.05) is 30.9 Å². The molecule has 1 saturated heterocycles. The maximum Gasteiger partial charge on any atom is 0.253 e. The lowest BCUT2D eigenvalue weighted by Crippen LogP contribution is -2.45. The predicted octanol–water partition coefficient (Wildman–Crippen LogP) is 4.77. The van der Waals surface area contributed by atoms with Gasteiger partial charge in [0.25, 0.3) is 5.91 Å². The van der Waals surface area contributed by atoms with E-state index in [1.54, 1.807) is 0 Å². The van der Waals surface area contributed by atoms with Crippen LogP contribution in [0.3, 0.4) is 0 Å². The number of piperazine rings is 1. The SMILES string of the molecule is CCN(CC)C(=O)c1ccc(C(c2cccc(NCC3CCCC3)c2)N2CCNCC2)cc1. The van der Waals surface area contributed by atoms with Crippen LogP contribution in [0.25, 0.3) is 0 Å². The molecule has 4 rings (SSSR count). The molecule has 1 amide bonds. The summed E-state index contributed by atoms with van der Waals surface area (Å²) in [4.78, 5) is 17.2. The predicted molar refractivity (Wildman–Crippen MR) is 137 cm³/mol. The first-order valence-electron chi connectivity index (χ1n) is 12.9. The summed E-state index contributed by atoms with van der Waals surface area (Å²) in [5.41, 5.74) is 4.55. The van der Waals surface area contributed by atoms with Gasteiger partial charge in [-0.1, -0.05) is 37.1 Å². The van der Waals surface area contributed by atoms with Crippen molar-refractivity contribution in [3.63, 3.8) is 0 Å². The van der Waals surface area contributed by atoms with Gasteiger partial charge in [0.2, 0.25) is 0 Å². The van der Waals surface area contributed by atoms with Crippen LogP contribution in [0.5, 0.6) is 0 Å². The van der Waals surface area contributed by atoms with Crippen LogP contribution < -0.4 is 10.6 Å². The zero-order valence-corrected chi connectivity index (χ0v) is 20.4. The zero-order valence-electron chi connectivity index (χ0n) is 20.4. The van der Waals surface area contributed by atoms with Crippen molar-refractivity contribution in [1.29, 1.82) is 0 Å². The van der Waals surface area contributed by atoms with Crippen LogP contribution in [0.4, 0.5) is 5.69 Å². The van der Waals surface area contributed by atoms with Crippen LogP contribution in [0.1, 0.15) is 67.1 Å². The van der Waals surface area contributed by atoms with Gasteiger partial charge in [-0.25, -0.2) is 0 Å². The van der Waals surface area contributed by atoms with Gasteiger partial charge in [0.05, 0.1) is 6.04 Å². The highest BCUT2D eigenvalue weighted by Crippen LogP contribution is 2.31. The molecule has 1 heterocycles. The molecule has 0 bridgehead atoms. The van der Waals surface area contributed by atoms with Crippen molar-refractivity contribution in [3.8, 4) is 0 Å². The molecular weight excluding hydrogens is 408 g/mol. The van der Waals surface area contributed by atoms with Crippen molar-refractivity contribution >= 4 is 11.6 Å². The second-order valence-corrected chi connectivity index (χ2v) is 9.44. The molecule has 1 unspecified atom stereocenters. The van der Waals surface area contributed by atoms with Crippen molar-refractivity contribution in [1.82, 2.24) is 15.1 Å². The first-order chi connectivity index (χ1) is 16.2. The van der Waals surface area contributed by atoms with Gasteiger partial charge in [-0.2, -0.15) is 0 Å². The molecule has 0 radical (unpaired) electrons. The van der Waals surface area contributed by atoms with E-state index in [0.29, 0.717) is 0 Å². The van der Waals surface area contributed by atoms with E-state index in [2.05, 4.69) is 51.9 Å². The highest BCUT2D eigenvalue weighted by atomic mass is 16.2. The third-order valence-corrected chi connectivity index (χ3v) is 7.31. The summed E-state index contributed by atoms with van der Waals surface area (Å²) in [5.74, 6) is 0.928. The molecule has 0 spiro atoms. The Morgan fingerprint density at radius 3 is 2.39 bits per heavy atom. The fraction of sp³-hybridized carbons (Fsp3) is 0.536. The number of rotatable bonds is 9. The Kier molecular flexibility index (Phi) is 8.40. The third-order valence-electron chi connectivity index (χ3n) is 7.31. The summed E-state index contributed by atoms with van der Waals surface area (Å²) in [5, 5.41) is 7.19. The number of hydrogen-bond acceptors (Lipinski definition) is 4. The average molecular weight is 449 g/mol. The van der Waals surface area contributed by atoms with Gasteiger partial charge < -0.3 is 15.5 Å². The minimum atomic E-state index is 0.114. The third kappa shape index (κ3) is 5.96. The molecule has 2 N–H and O–H groups in total. The molecule has 2 aliphatic rings. The largest absolute Gasteiger partial charge is 0.385 e. The van der Waals surface area contributed by atoms with Gasteiger partial charge in [-0.05, 0) is 68.0 Å². The fourth-order valence-electron chi connectivity index (χ4n) is 5.35. The highest BCUT2D eigenvalue weighted by molar-refractivity contribution is 5.94. The highest BCUT2D eigenvalue weighted by Gasteiger charge is 2.25. The molecule has 2 aromatic rings. The van der Waals surface area contributed by atoms with E-state index < -0.39 is 0 Å². The van der Waals surface area contributed by atoms with Gasteiger partial charge in [0.15, 0.2) is 0 Å². The van der Waals surface area contributed by atoms with Crippen molar-refractivity contribution in [2.45, 2.75) is 45.6 Å². The number of carbonyl (C=O) groups is 1. The van der Waals surface area contributed by atoms with Crippen LogP contribution in [0.2, 0.25) is 0 Å². The van der Waals surface area contributed by atoms with E-state index in [9.17, 15) is 4.79 Å². The minimum absolute atomic E-state index is 0.114. The molecule has 1 saturated carbocycles. The molecule has 5 heteroatoms. The van der Waals surface area contributed by atoms with Crippen molar-refractivity contribution in [2.75, 3.05) is 51.1 Å². The summed E-state index contributed by atoms with van der Waals surface area (Å²) in [6.07, 6.45) is 5.47. The van der Waals surface area contributed by atoms with Crippen LogP contribution in [-0.2, 0) is 0 Å². The van der Waals surface area contributed by atoms with Crippen molar-refractivity contribution in [2.24, 2.45) is 5.92 Å². The zero-order chi connectivity index (χ0) is 23.0. The Morgan fingerprint density at radius 1 is 1.03 bits per heavy atom. The van der Waals surface area contributed by atoms with Crippen LogP contribution >= 0.6 is 0 Å². The van der Waals surface area contributed by atoms with Gasteiger partial charge >= 0.3 is 0 Å². The van der Waals surface area contributed by atoms with Gasteiger partial charge in [-0.3, -0.25) is 9.69 Å². The molecule has 5 nitrogen and oxygen atoms in total. The van der Waals surface area contributed by atoms with Crippen molar-refractivity contribution in [3.05, 3.63) is 65.2 Å². The number of carbonyl (C=O) groups excluding carboxylic acids is 1. The lowest BCUT2D eigenvalue weighted by molar-refractivity contribution is 0.0773. The second-order valence-electron chi connectivity index (χ2n) is 9.44. The first-order valence-corrected chi connectivity index (χ1v) is 12.9. The maximum atomic E-state index is 12.8. The van der Waals surface area contributed by atoms with E-state index in [1.165, 1.54) is 42.5 Å².